The highest BCUT2D eigenvalue weighted by Crippen LogP contribution is 2.14. The topological polar surface area (TPSA) is 26.3 Å². The number of halogens is 1. The molecule has 0 aromatic carbocycles. The van der Waals surface area contributed by atoms with Gasteiger partial charge >= 0.3 is 5.30 Å². The second-order valence-electron chi connectivity index (χ2n) is 2.54. The van der Waals surface area contributed by atoms with Gasteiger partial charge in [0.15, 0.2) is 12.1 Å². The fourth-order valence-electron chi connectivity index (χ4n) is 0.266. The second-order valence-corrected chi connectivity index (χ2v) is 3.03. The molecule has 0 aliphatic heterocycles. The molecule has 9 heavy (non-hydrogen) atoms. The lowest BCUT2D eigenvalue weighted by molar-refractivity contribution is 0.0733. The number of carbonyl (C=O) groups excluding carboxylic acids is 1. The average Bonchev–Trinajstić information content (AvgIpc) is 1.62. The maximum atomic E-state index is 11.4. The van der Waals surface area contributed by atoms with Crippen molar-refractivity contribution >= 4 is 17.4 Å². The van der Waals surface area contributed by atoms with Gasteiger partial charge in [-0.2, -0.15) is 3.89 Å². The SMILES string of the molecule is CC(C)(C)OC(=O)SF. The van der Waals surface area contributed by atoms with Crippen molar-refractivity contribution in [3.05, 3.63) is 0 Å². The van der Waals surface area contributed by atoms with Gasteiger partial charge in [0.2, 0.25) is 0 Å². The summed E-state index contributed by atoms with van der Waals surface area (Å²) in [6, 6.07) is 0. The Hall–Kier alpha value is -0.250. The van der Waals surface area contributed by atoms with Crippen LogP contribution in [0.1, 0.15) is 20.8 Å². The third-order valence-corrected chi connectivity index (χ3v) is 0.662. The van der Waals surface area contributed by atoms with E-state index < -0.39 is 23.1 Å². The zero-order valence-corrected chi connectivity index (χ0v) is 6.42. The maximum Gasteiger partial charge on any atom is 0.400 e. The van der Waals surface area contributed by atoms with E-state index in [0.29, 0.717) is 0 Å². The number of rotatable bonds is 0. The Morgan fingerprint density at radius 1 is 1.56 bits per heavy atom. The van der Waals surface area contributed by atoms with Crippen LogP contribution in [0.3, 0.4) is 0 Å². The normalized spacial score (nSPS) is 11.1. The van der Waals surface area contributed by atoms with Crippen LogP contribution in [0.4, 0.5) is 8.68 Å². The summed E-state index contributed by atoms with van der Waals surface area (Å²) in [4.78, 5) is 10.2. The standard InChI is InChI=1S/C5H9FO2S/c1-5(2,3)8-4(7)9-6/h1-3H3. The van der Waals surface area contributed by atoms with E-state index in [1.54, 1.807) is 20.8 Å². The van der Waals surface area contributed by atoms with Gasteiger partial charge in [0.1, 0.15) is 5.60 Å². The molecule has 0 heterocycles. The third kappa shape index (κ3) is 5.62. The van der Waals surface area contributed by atoms with E-state index in [0.717, 1.165) is 0 Å². The number of hydrogen-bond acceptors (Lipinski definition) is 3. The van der Waals surface area contributed by atoms with Crippen molar-refractivity contribution in [2.45, 2.75) is 26.4 Å². The number of carbonyl (C=O) groups is 1. The molecule has 0 radical (unpaired) electrons. The van der Waals surface area contributed by atoms with Crippen molar-refractivity contribution in [3.8, 4) is 0 Å². The average molecular weight is 152 g/mol. The molecular weight excluding hydrogens is 143 g/mol. The van der Waals surface area contributed by atoms with E-state index in [-0.39, 0.29) is 0 Å². The van der Waals surface area contributed by atoms with Gasteiger partial charge in [-0.3, -0.25) is 0 Å². The minimum absolute atomic E-state index is 0.409. The molecular formula is C5H9FO2S. The maximum absolute atomic E-state index is 11.4. The van der Waals surface area contributed by atoms with Crippen LogP contribution >= 0.6 is 12.1 Å². The van der Waals surface area contributed by atoms with Gasteiger partial charge in [-0.1, -0.05) is 0 Å². The van der Waals surface area contributed by atoms with Crippen LogP contribution in [0.5, 0.6) is 0 Å². The van der Waals surface area contributed by atoms with Crippen LogP contribution < -0.4 is 0 Å². The van der Waals surface area contributed by atoms with Crippen LogP contribution in [0.2, 0.25) is 0 Å². The van der Waals surface area contributed by atoms with Crippen molar-refractivity contribution < 1.29 is 13.4 Å². The summed E-state index contributed by atoms with van der Waals surface area (Å²) < 4.78 is 15.9. The van der Waals surface area contributed by atoms with Crippen molar-refractivity contribution in [2.24, 2.45) is 0 Å². The monoisotopic (exact) mass is 152 g/mol. The first kappa shape index (κ1) is 8.75. The predicted octanol–water partition coefficient (Wildman–Crippen LogP) is 2.54. The highest BCUT2D eigenvalue weighted by Gasteiger charge is 2.16. The van der Waals surface area contributed by atoms with Gasteiger partial charge in [0.25, 0.3) is 0 Å². The first-order valence-electron chi connectivity index (χ1n) is 2.47. The molecule has 0 aliphatic carbocycles. The molecule has 0 fully saturated rings. The third-order valence-electron chi connectivity index (χ3n) is 0.453. The fourth-order valence-corrected chi connectivity index (χ4v) is 0.547. The van der Waals surface area contributed by atoms with Gasteiger partial charge in [-0.05, 0) is 20.8 Å². The minimum atomic E-state index is -0.887. The molecule has 0 rings (SSSR count). The molecule has 0 atom stereocenters. The Kier molecular flexibility index (Phi) is 2.97. The Balaban J connectivity index is 3.60. The highest BCUT2D eigenvalue weighted by molar-refractivity contribution is 8.08. The van der Waals surface area contributed by atoms with Crippen LogP contribution in [0.25, 0.3) is 0 Å². The van der Waals surface area contributed by atoms with Gasteiger partial charge in [-0.25, -0.2) is 4.79 Å². The van der Waals surface area contributed by atoms with Crippen molar-refractivity contribution in [2.75, 3.05) is 0 Å². The molecule has 0 N–H and O–H groups in total. The molecule has 0 unspecified atom stereocenters. The zero-order chi connectivity index (χ0) is 7.49. The van der Waals surface area contributed by atoms with Gasteiger partial charge in [-0.15, -0.1) is 0 Å². The van der Waals surface area contributed by atoms with Crippen LogP contribution in [-0.2, 0) is 4.74 Å². The first-order chi connectivity index (χ1) is 3.95. The second kappa shape index (κ2) is 3.06. The first-order valence-corrected chi connectivity index (χ1v) is 3.19. The lowest BCUT2D eigenvalue weighted by Crippen LogP contribution is -2.20. The van der Waals surface area contributed by atoms with E-state index in [9.17, 15) is 8.68 Å². The molecule has 0 saturated carbocycles. The van der Waals surface area contributed by atoms with E-state index in [1.807, 2.05) is 0 Å². The summed E-state index contributed by atoms with van der Waals surface area (Å²) in [6.07, 6.45) is 0. The quantitative estimate of drug-likeness (QED) is 0.499. The van der Waals surface area contributed by atoms with E-state index in [4.69, 9.17) is 0 Å². The smallest absolute Gasteiger partial charge is 0.400 e. The van der Waals surface area contributed by atoms with Crippen molar-refractivity contribution in [3.63, 3.8) is 0 Å². The lowest BCUT2D eigenvalue weighted by atomic mass is 10.2. The molecule has 0 aliphatic rings. The molecule has 0 saturated heterocycles. The summed E-state index contributed by atoms with van der Waals surface area (Å²) in [5.74, 6) is 0. The van der Waals surface area contributed by atoms with E-state index >= 15 is 0 Å². The van der Waals surface area contributed by atoms with Crippen molar-refractivity contribution in [1.29, 1.82) is 0 Å². The molecule has 0 bridgehead atoms. The molecule has 0 amide bonds. The Bertz CT molecular complexity index is 108. The number of hydrogen-bond donors (Lipinski definition) is 0. The van der Waals surface area contributed by atoms with Crippen LogP contribution in [0.15, 0.2) is 0 Å². The molecule has 0 aromatic heterocycles. The summed E-state index contributed by atoms with van der Waals surface area (Å²) in [7, 11) is 0. The molecule has 54 valence electrons. The van der Waals surface area contributed by atoms with Crippen LogP contribution in [0, 0.1) is 0 Å². The van der Waals surface area contributed by atoms with Gasteiger partial charge in [0.05, 0.1) is 0 Å². The van der Waals surface area contributed by atoms with Crippen molar-refractivity contribution in [1.82, 2.24) is 0 Å². The van der Waals surface area contributed by atoms with Gasteiger partial charge in [0, 0.05) is 0 Å². The van der Waals surface area contributed by atoms with E-state index in [2.05, 4.69) is 4.74 Å². The Morgan fingerprint density at radius 3 is 2.11 bits per heavy atom. The minimum Gasteiger partial charge on any atom is -0.450 e. The highest BCUT2D eigenvalue weighted by atomic mass is 32.2. The van der Waals surface area contributed by atoms with Gasteiger partial charge < -0.3 is 4.74 Å². The Labute approximate surface area is 58.1 Å². The van der Waals surface area contributed by atoms with Crippen LogP contribution in [-0.4, -0.2) is 10.9 Å². The fraction of sp³-hybridized carbons (Fsp3) is 0.800. The molecule has 0 spiro atoms. The molecule has 4 heteroatoms. The summed E-state index contributed by atoms with van der Waals surface area (Å²) in [5.41, 5.74) is -0.587. The molecule has 0 aromatic rings. The molecule has 2 nitrogen and oxygen atoms in total. The number of ether oxygens (including phenoxy) is 1. The summed E-state index contributed by atoms with van der Waals surface area (Å²) in [6.45, 7) is 5.04. The Morgan fingerprint density at radius 2 is 2.00 bits per heavy atom. The predicted molar refractivity (Wildman–Crippen MR) is 34.9 cm³/mol. The summed E-state index contributed by atoms with van der Waals surface area (Å²) >= 11 is -0.409. The zero-order valence-electron chi connectivity index (χ0n) is 5.60. The lowest BCUT2D eigenvalue weighted by Gasteiger charge is -2.16. The largest absolute Gasteiger partial charge is 0.450 e. The van der Waals surface area contributed by atoms with E-state index in [1.165, 1.54) is 0 Å². The summed E-state index contributed by atoms with van der Waals surface area (Å²) in [5, 5.41) is -0.887.